The molecule has 0 spiro atoms. The third-order valence-electron chi connectivity index (χ3n) is 3.83. The van der Waals surface area contributed by atoms with Crippen LogP contribution in [0.4, 0.5) is 0 Å². The minimum absolute atomic E-state index is 0.114. The molecule has 0 aliphatic rings. The number of H-pyrrole nitrogens is 1. The smallest absolute Gasteiger partial charge is 0.248 e. The second-order valence-electron chi connectivity index (χ2n) is 5.30. The van der Waals surface area contributed by atoms with Crippen LogP contribution >= 0.6 is 0 Å². The van der Waals surface area contributed by atoms with Gasteiger partial charge >= 0.3 is 0 Å². The summed E-state index contributed by atoms with van der Waals surface area (Å²) in [6.45, 7) is 5.85. The molecule has 1 N–H and O–H groups in total. The zero-order valence-corrected chi connectivity index (χ0v) is 11.6. The van der Waals surface area contributed by atoms with Crippen LogP contribution in [-0.4, -0.2) is 4.98 Å². The van der Waals surface area contributed by atoms with Crippen LogP contribution in [0.25, 0.3) is 38.1 Å². The van der Waals surface area contributed by atoms with Crippen LogP contribution in [0, 0.1) is 0 Å². The van der Waals surface area contributed by atoms with E-state index < -0.39 is 0 Å². The first-order valence-corrected chi connectivity index (χ1v) is 6.78. The van der Waals surface area contributed by atoms with Crippen LogP contribution in [0.1, 0.15) is 12.7 Å². The first-order valence-electron chi connectivity index (χ1n) is 6.78. The van der Waals surface area contributed by atoms with E-state index in [0.717, 1.165) is 43.8 Å². The zero-order chi connectivity index (χ0) is 14.6. The summed E-state index contributed by atoms with van der Waals surface area (Å²) in [7, 11) is 0. The maximum absolute atomic E-state index is 11.7. The maximum atomic E-state index is 11.7. The van der Waals surface area contributed by atoms with Crippen LogP contribution < -0.4 is 5.56 Å². The molecule has 0 radical (unpaired) electrons. The highest BCUT2D eigenvalue weighted by molar-refractivity contribution is 6.23. The van der Waals surface area contributed by atoms with Crippen molar-refractivity contribution in [1.82, 2.24) is 4.98 Å². The van der Waals surface area contributed by atoms with Gasteiger partial charge in [-0.25, -0.2) is 0 Å². The predicted molar refractivity (Wildman–Crippen MR) is 86.6 cm³/mol. The van der Waals surface area contributed by atoms with Gasteiger partial charge in [-0.1, -0.05) is 30.8 Å². The maximum Gasteiger partial charge on any atom is 0.248 e. The standard InChI is InChI=1S/C18H13NO2/c1-10(2)16-7-14-13-8-17(20)19-9-15(13)11-5-3-4-6-12(11)18(14)21-16/h3-9H,1H2,2H3,(H,19,20). The monoisotopic (exact) mass is 275 g/mol. The van der Waals surface area contributed by atoms with Gasteiger partial charge in [0.15, 0.2) is 0 Å². The van der Waals surface area contributed by atoms with Gasteiger partial charge in [0.2, 0.25) is 5.56 Å². The fraction of sp³-hybridized carbons (Fsp3) is 0.0556. The lowest BCUT2D eigenvalue weighted by molar-refractivity contribution is 0.603. The second kappa shape index (κ2) is 4.09. The normalized spacial score (nSPS) is 11.5. The summed E-state index contributed by atoms with van der Waals surface area (Å²) in [6, 6.07) is 11.6. The Morgan fingerprint density at radius 1 is 1.05 bits per heavy atom. The third-order valence-corrected chi connectivity index (χ3v) is 3.83. The van der Waals surface area contributed by atoms with E-state index in [4.69, 9.17) is 4.42 Å². The minimum atomic E-state index is -0.114. The molecule has 0 saturated carbocycles. The van der Waals surface area contributed by atoms with Gasteiger partial charge in [0, 0.05) is 33.8 Å². The van der Waals surface area contributed by atoms with Crippen LogP contribution in [0.15, 0.2) is 58.4 Å². The number of aromatic nitrogens is 1. The molecule has 0 bridgehead atoms. The zero-order valence-electron chi connectivity index (χ0n) is 11.6. The molecule has 0 aliphatic heterocycles. The Labute approximate surface area is 120 Å². The Morgan fingerprint density at radius 3 is 2.57 bits per heavy atom. The number of pyridine rings is 1. The van der Waals surface area contributed by atoms with Crippen molar-refractivity contribution in [2.24, 2.45) is 0 Å². The number of allylic oxidation sites excluding steroid dienone is 1. The van der Waals surface area contributed by atoms with E-state index in [1.165, 1.54) is 0 Å². The molecular weight excluding hydrogens is 262 g/mol. The van der Waals surface area contributed by atoms with Gasteiger partial charge in [0.25, 0.3) is 0 Å². The summed E-state index contributed by atoms with van der Waals surface area (Å²) in [5.41, 5.74) is 1.56. The van der Waals surface area contributed by atoms with Gasteiger partial charge in [-0.15, -0.1) is 0 Å². The topological polar surface area (TPSA) is 46.0 Å². The molecule has 0 fully saturated rings. The lowest BCUT2D eigenvalue weighted by Gasteiger charge is -2.04. The van der Waals surface area contributed by atoms with Gasteiger partial charge in [0.05, 0.1) is 0 Å². The number of furan rings is 1. The lowest BCUT2D eigenvalue weighted by atomic mass is 10.00. The number of aromatic amines is 1. The Kier molecular flexibility index (Phi) is 2.33. The molecule has 21 heavy (non-hydrogen) atoms. The van der Waals surface area contributed by atoms with Gasteiger partial charge in [-0.2, -0.15) is 0 Å². The predicted octanol–water partition coefficient (Wildman–Crippen LogP) is 4.46. The van der Waals surface area contributed by atoms with Crippen molar-refractivity contribution in [3.05, 3.63) is 65.3 Å². The van der Waals surface area contributed by atoms with Crippen LogP contribution in [0.2, 0.25) is 0 Å². The number of hydrogen-bond donors (Lipinski definition) is 1. The first kappa shape index (κ1) is 12.0. The molecule has 0 aliphatic carbocycles. The first-order chi connectivity index (χ1) is 10.1. The van der Waals surface area contributed by atoms with Gasteiger partial charge in [-0.05, 0) is 23.9 Å². The number of nitrogens with one attached hydrogen (secondary N) is 1. The van der Waals surface area contributed by atoms with E-state index >= 15 is 0 Å². The van der Waals surface area contributed by atoms with Crippen molar-refractivity contribution in [3.63, 3.8) is 0 Å². The van der Waals surface area contributed by atoms with Crippen LogP contribution in [0.3, 0.4) is 0 Å². The van der Waals surface area contributed by atoms with E-state index in [0.29, 0.717) is 0 Å². The SMILES string of the molecule is C=C(C)c1cc2c3cc(=O)[nH]cc3c3ccccc3c2o1. The average Bonchev–Trinajstić information content (AvgIpc) is 2.93. The molecule has 3 nitrogen and oxygen atoms in total. The Morgan fingerprint density at radius 2 is 1.81 bits per heavy atom. The number of benzene rings is 2. The summed E-state index contributed by atoms with van der Waals surface area (Å²) < 4.78 is 5.98. The van der Waals surface area contributed by atoms with Crippen molar-refractivity contribution in [2.45, 2.75) is 6.92 Å². The summed E-state index contributed by atoms with van der Waals surface area (Å²) in [6.07, 6.45) is 1.77. The van der Waals surface area contributed by atoms with Crippen molar-refractivity contribution in [3.8, 4) is 0 Å². The molecule has 2 aromatic heterocycles. The number of hydrogen-bond acceptors (Lipinski definition) is 2. The van der Waals surface area contributed by atoms with Crippen LogP contribution in [-0.2, 0) is 0 Å². The summed E-state index contributed by atoms with van der Waals surface area (Å²) in [5, 5.41) is 4.99. The number of fused-ring (bicyclic) bond motifs is 6. The largest absolute Gasteiger partial charge is 0.456 e. The summed E-state index contributed by atoms with van der Waals surface area (Å²) >= 11 is 0. The molecule has 4 rings (SSSR count). The Bertz CT molecular complexity index is 1080. The molecule has 0 atom stereocenters. The highest BCUT2D eigenvalue weighted by Crippen LogP contribution is 2.36. The third kappa shape index (κ3) is 1.64. The second-order valence-corrected chi connectivity index (χ2v) is 5.30. The molecule has 3 heteroatoms. The van der Waals surface area contributed by atoms with E-state index in [9.17, 15) is 4.79 Å². The van der Waals surface area contributed by atoms with E-state index in [1.54, 1.807) is 12.3 Å². The lowest BCUT2D eigenvalue weighted by Crippen LogP contribution is -2.01. The van der Waals surface area contributed by atoms with Gasteiger partial charge in [0.1, 0.15) is 11.3 Å². The van der Waals surface area contributed by atoms with Crippen molar-refractivity contribution < 1.29 is 4.42 Å². The molecule has 102 valence electrons. The fourth-order valence-electron chi connectivity index (χ4n) is 2.83. The molecular formula is C18H13NO2. The molecule has 2 heterocycles. The van der Waals surface area contributed by atoms with Crippen molar-refractivity contribution in [1.29, 1.82) is 0 Å². The highest BCUT2D eigenvalue weighted by atomic mass is 16.3. The summed E-state index contributed by atoms with van der Waals surface area (Å²) in [4.78, 5) is 14.5. The van der Waals surface area contributed by atoms with Crippen LogP contribution in [0.5, 0.6) is 0 Å². The fourth-order valence-corrected chi connectivity index (χ4v) is 2.83. The Balaban J connectivity index is 2.37. The quantitative estimate of drug-likeness (QED) is 0.521. The number of rotatable bonds is 1. The van der Waals surface area contributed by atoms with Gasteiger partial charge < -0.3 is 9.40 Å². The molecule has 0 amide bonds. The van der Waals surface area contributed by atoms with E-state index in [1.807, 2.05) is 37.3 Å². The molecule has 0 saturated heterocycles. The van der Waals surface area contributed by atoms with E-state index in [-0.39, 0.29) is 5.56 Å². The molecule has 4 aromatic rings. The van der Waals surface area contributed by atoms with Crippen molar-refractivity contribution >= 4 is 38.1 Å². The molecule has 2 aromatic carbocycles. The minimum Gasteiger partial charge on any atom is -0.456 e. The summed E-state index contributed by atoms with van der Waals surface area (Å²) in [5.74, 6) is 0.753. The highest BCUT2D eigenvalue weighted by Gasteiger charge is 2.13. The Hall–Kier alpha value is -2.81. The van der Waals surface area contributed by atoms with Gasteiger partial charge in [-0.3, -0.25) is 4.79 Å². The molecule has 0 unspecified atom stereocenters. The van der Waals surface area contributed by atoms with Crippen molar-refractivity contribution in [2.75, 3.05) is 0 Å². The average molecular weight is 275 g/mol. The van der Waals surface area contributed by atoms with E-state index in [2.05, 4.69) is 11.6 Å².